The highest BCUT2D eigenvalue weighted by molar-refractivity contribution is 5.87. The van der Waals surface area contributed by atoms with Gasteiger partial charge in [-0.1, -0.05) is 38.1 Å². The molecule has 25 heavy (non-hydrogen) atoms. The molecular weight excluding hydrogens is 318 g/mol. The molecule has 1 aromatic carbocycles. The minimum atomic E-state index is -0.873. The quantitative estimate of drug-likeness (QED) is 0.779. The molecule has 0 aromatic heterocycles. The molecule has 0 heterocycles. The predicted molar refractivity (Wildman–Crippen MR) is 94.1 cm³/mol. The molecule has 2 aliphatic rings. The van der Waals surface area contributed by atoms with Crippen LogP contribution in [0, 0.1) is 29.6 Å². The number of aliphatic carboxylic acids is 1. The molecule has 3 rings (SSSR count). The van der Waals surface area contributed by atoms with Gasteiger partial charge in [0.1, 0.15) is 5.75 Å². The number of hydrogen-bond acceptors (Lipinski definition) is 3. The van der Waals surface area contributed by atoms with Crippen LogP contribution in [-0.2, 0) is 9.59 Å². The minimum absolute atomic E-state index is 0.0169. The van der Waals surface area contributed by atoms with Crippen LogP contribution in [0.5, 0.6) is 5.75 Å². The van der Waals surface area contributed by atoms with E-state index in [-0.39, 0.29) is 29.7 Å². The molecular formula is C20H25NO4. The Morgan fingerprint density at radius 2 is 1.72 bits per heavy atom. The van der Waals surface area contributed by atoms with Crippen LogP contribution in [0.3, 0.4) is 0 Å². The van der Waals surface area contributed by atoms with E-state index in [4.69, 9.17) is 4.74 Å². The van der Waals surface area contributed by atoms with Gasteiger partial charge in [-0.3, -0.25) is 9.59 Å². The number of rotatable bonds is 6. The molecule has 0 radical (unpaired) electrons. The number of ether oxygens (including phenoxy) is 1. The second kappa shape index (κ2) is 6.90. The number of fused-ring (bicyclic) bond motifs is 2. The number of allylic oxidation sites excluding steroid dienone is 2. The van der Waals surface area contributed by atoms with Gasteiger partial charge >= 0.3 is 5.97 Å². The van der Waals surface area contributed by atoms with E-state index in [0.717, 1.165) is 17.7 Å². The Labute approximate surface area is 148 Å². The normalized spacial score (nSPS) is 28.2. The minimum Gasteiger partial charge on any atom is -0.497 e. The largest absolute Gasteiger partial charge is 0.497 e. The first-order valence-corrected chi connectivity index (χ1v) is 8.77. The molecule has 0 saturated heterocycles. The molecule has 0 aliphatic heterocycles. The van der Waals surface area contributed by atoms with E-state index >= 15 is 0 Å². The first-order valence-electron chi connectivity index (χ1n) is 8.77. The molecule has 5 heteroatoms. The monoisotopic (exact) mass is 343 g/mol. The molecule has 2 aliphatic carbocycles. The van der Waals surface area contributed by atoms with Crippen LogP contribution in [0.15, 0.2) is 36.4 Å². The number of nitrogens with one attached hydrogen (secondary N) is 1. The molecule has 134 valence electrons. The number of carbonyl (C=O) groups is 2. The molecule has 1 aromatic rings. The smallest absolute Gasteiger partial charge is 0.307 e. The van der Waals surface area contributed by atoms with Crippen LogP contribution in [0.4, 0.5) is 0 Å². The molecule has 1 saturated carbocycles. The van der Waals surface area contributed by atoms with Gasteiger partial charge in [-0.2, -0.15) is 0 Å². The summed E-state index contributed by atoms with van der Waals surface area (Å²) >= 11 is 0. The predicted octanol–water partition coefficient (Wildman–Crippen LogP) is 3.03. The Hall–Kier alpha value is -2.30. The summed E-state index contributed by atoms with van der Waals surface area (Å²) in [6, 6.07) is 7.48. The summed E-state index contributed by atoms with van der Waals surface area (Å²) in [4.78, 5) is 24.6. The third-order valence-electron chi connectivity index (χ3n) is 5.49. The Morgan fingerprint density at radius 3 is 2.24 bits per heavy atom. The van der Waals surface area contributed by atoms with Crippen LogP contribution in [0.2, 0.25) is 0 Å². The van der Waals surface area contributed by atoms with Gasteiger partial charge in [0.25, 0.3) is 0 Å². The van der Waals surface area contributed by atoms with Gasteiger partial charge in [0.05, 0.1) is 25.0 Å². The summed E-state index contributed by atoms with van der Waals surface area (Å²) in [7, 11) is 1.62. The van der Waals surface area contributed by atoms with E-state index in [2.05, 4.69) is 5.32 Å². The summed E-state index contributed by atoms with van der Waals surface area (Å²) in [6.07, 6.45) is 4.73. The number of carbonyl (C=O) groups excluding carboxylic acids is 1. The van der Waals surface area contributed by atoms with Gasteiger partial charge in [-0.05, 0) is 41.9 Å². The van der Waals surface area contributed by atoms with Gasteiger partial charge in [-0.25, -0.2) is 0 Å². The van der Waals surface area contributed by atoms with Gasteiger partial charge in [0.15, 0.2) is 0 Å². The average Bonchev–Trinajstić information content (AvgIpc) is 3.20. The van der Waals surface area contributed by atoms with Gasteiger partial charge in [0.2, 0.25) is 5.91 Å². The number of benzene rings is 1. The summed E-state index contributed by atoms with van der Waals surface area (Å²) in [6.45, 7) is 4.09. The van der Waals surface area contributed by atoms with E-state index < -0.39 is 17.8 Å². The van der Waals surface area contributed by atoms with E-state index in [9.17, 15) is 14.7 Å². The lowest BCUT2D eigenvalue weighted by atomic mass is 9.82. The van der Waals surface area contributed by atoms with E-state index in [1.807, 2.05) is 50.3 Å². The second-order valence-electron chi connectivity index (χ2n) is 7.34. The van der Waals surface area contributed by atoms with Crippen molar-refractivity contribution < 1.29 is 19.4 Å². The molecule has 5 unspecified atom stereocenters. The van der Waals surface area contributed by atoms with Gasteiger partial charge in [0, 0.05) is 0 Å². The Bertz CT molecular complexity index is 679. The highest BCUT2D eigenvalue weighted by Gasteiger charge is 2.51. The van der Waals surface area contributed by atoms with Crippen molar-refractivity contribution in [3.63, 3.8) is 0 Å². The molecule has 1 amide bonds. The van der Waals surface area contributed by atoms with Crippen molar-refractivity contribution in [3.8, 4) is 5.75 Å². The molecule has 5 nitrogen and oxygen atoms in total. The Kier molecular flexibility index (Phi) is 4.84. The fourth-order valence-corrected chi connectivity index (χ4v) is 4.21. The first kappa shape index (κ1) is 17.5. The highest BCUT2D eigenvalue weighted by atomic mass is 16.5. The van der Waals surface area contributed by atoms with Crippen LogP contribution < -0.4 is 10.1 Å². The van der Waals surface area contributed by atoms with Crippen LogP contribution >= 0.6 is 0 Å². The maximum atomic E-state index is 12.9. The summed E-state index contributed by atoms with van der Waals surface area (Å²) < 4.78 is 5.19. The van der Waals surface area contributed by atoms with Crippen molar-refractivity contribution in [2.45, 2.75) is 26.3 Å². The zero-order valence-corrected chi connectivity index (χ0v) is 14.8. The Balaban J connectivity index is 1.79. The molecule has 2 N–H and O–H groups in total. The molecule has 0 spiro atoms. The zero-order chi connectivity index (χ0) is 18.1. The number of hydrogen-bond donors (Lipinski definition) is 2. The summed E-state index contributed by atoms with van der Waals surface area (Å²) in [5.74, 6) is -1.14. The van der Waals surface area contributed by atoms with Crippen LogP contribution in [-0.4, -0.2) is 24.1 Å². The fraction of sp³-hybridized carbons (Fsp3) is 0.500. The van der Waals surface area contributed by atoms with Crippen molar-refractivity contribution in [1.82, 2.24) is 5.32 Å². The van der Waals surface area contributed by atoms with Crippen LogP contribution in [0.25, 0.3) is 0 Å². The van der Waals surface area contributed by atoms with Crippen molar-refractivity contribution in [3.05, 3.63) is 42.0 Å². The van der Waals surface area contributed by atoms with E-state index in [0.29, 0.717) is 0 Å². The average molecular weight is 343 g/mol. The maximum Gasteiger partial charge on any atom is 0.307 e. The third-order valence-corrected chi connectivity index (χ3v) is 5.49. The highest BCUT2D eigenvalue weighted by Crippen LogP contribution is 2.48. The van der Waals surface area contributed by atoms with E-state index in [1.165, 1.54) is 0 Å². The number of amides is 1. The lowest BCUT2D eigenvalue weighted by Crippen LogP contribution is -2.42. The van der Waals surface area contributed by atoms with E-state index in [1.54, 1.807) is 7.11 Å². The van der Waals surface area contributed by atoms with Crippen molar-refractivity contribution in [1.29, 1.82) is 0 Å². The van der Waals surface area contributed by atoms with Crippen molar-refractivity contribution in [2.24, 2.45) is 29.6 Å². The van der Waals surface area contributed by atoms with Crippen molar-refractivity contribution in [2.75, 3.05) is 7.11 Å². The topological polar surface area (TPSA) is 75.6 Å². The standard InChI is InChI=1S/C20H25NO4/c1-11(2)18(12-6-8-15(25-3)9-7-12)21-19(22)16-13-4-5-14(10-13)17(16)20(23)24/h4-9,11,13-14,16-18H,10H2,1-3H3,(H,21,22)(H,23,24). The molecule has 1 fully saturated rings. The van der Waals surface area contributed by atoms with Gasteiger partial charge in [-0.15, -0.1) is 0 Å². The SMILES string of the molecule is COc1ccc(C(NC(=O)C2C3C=CC(C3)C2C(=O)O)C(C)C)cc1. The van der Waals surface area contributed by atoms with Crippen molar-refractivity contribution >= 4 is 11.9 Å². The third kappa shape index (κ3) is 3.28. The Morgan fingerprint density at radius 1 is 1.12 bits per heavy atom. The number of carboxylic acids is 1. The van der Waals surface area contributed by atoms with Crippen LogP contribution in [0.1, 0.15) is 31.9 Å². The lowest BCUT2D eigenvalue weighted by Gasteiger charge is -2.29. The van der Waals surface area contributed by atoms with Gasteiger partial charge < -0.3 is 15.2 Å². The summed E-state index contributed by atoms with van der Waals surface area (Å²) in [5, 5.41) is 12.6. The maximum absolute atomic E-state index is 12.9. The number of methoxy groups -OCH3 is 1. The lowest BCUT2D eigenvalue weighted by molar-refractivity contribution is -0.148. The second-order valence-corrected chi connectivity index (χ2v) is 7.34. The molecule has 2 bridgehead atoms. The fourth-order valence-electron chi connectivity index (χ4n) is 4.21. The number of carboxylic acid groups (broad SMARTS) is 1. The molecule has 5 atom stereocenters. The first-order chi connectivity index (χ1) is 11.9. The summed E-state index contributed by atoms with van der Waals surface area (Å²) in [5.41, 5.74) is 0.995. The zero-order valence-electron chi connectivity index (χ0n) is 14.8.